The lowest BCUT2D eigenvalue weighted by Crippen LogP contribution is -2.53. The molecule has 0 saturated heterocycles. The summed E-state index contributed by atoms with van der Waals surface area (Å²) in [6, 6.07) is 0. The van der Waals surface area contributed by atoms with Crippen LogP contribution in [0.4, 0.5) is 0 Å². The van der Waals surface area contributed by atoms with Crippen molar-refractivity contribution >= 4 is 18.2 Å². The first-order chi connectivity index (χ1) is 7.45. The van der Waals surface area contributed by atoms with E-state index >= 15 is 0 Å². The number of aliphatic hydroxyl groups is 6. The van der Waals surface area contributed by atoms with E-state index in [-0.39, 0.29) is 25.6 Å². The highest BCUT2D eigenvalue weighted by atomic mass is 35.5. The van der Waals surface area contributed by atoms with Crippen LogP contribution in [0.2, 0.25) is 0 Å². The first kappa shape index (κ1) is 19.0. The second-order valence-electron chi connectivity index (χ2n) is 3.17. The number of hydrogen-bond acceptors (Lipinski definition) is 8. The fourth-order valence-electron chi connectivity index (χ4n) is 0.991. The molecule has 0 spiro atoms. The molecule has 0 aliphatic heterocycles. The molecule has 0 radical (unpaired) electrons. The Hall–Kier alpha value is -0.320. The fourth-order valence-corrected chi connectivity index (χ4v) is 0.991. The number of rotatable bonds is 8. The number of Topliss-reactive ketones (excluding diaryl/α,β-unsaturated/α-hetero) is 1. The zero-order valence-electron chi connectivity index (χ0n) is 8.93. The Morgan fingerprint density at radius 1 is 1.06 bits per heavy atom. The summed E-state index contributed by atoms with van der Waals surface area (Å²) in [4.78, 5) is 10.8. The zero-order valence-corrected chi connectivity index (χ0v) is 9.75. The summed E-state index contributed by atoms with van der Waals surface area (Å²) in [5, 5.41) is 55.9. The van der Waals surface area contributed by atoms with E-state index in [4.69, 9.17) is 15.3 Å². The minimum absolute atomic E-state index is 0. The maximum absolute atomic E-state index is 10.8. The molecule has 17 heavy (non-hydrogen) atoms. The summed E-state index contributed by atoms with van der Waals surface area (Å²) in [6.07, 6.45) is -7.34. The average Bonchev–Trinajstić information content (AvgIpc) is 2.31. The van der Waals surface area contributed by atoms with E-state index < -0.39 is 36.9 Å². The van der Waals surface area contributed by atoms with Gasteiger partial charge in [-0.25, -0.2) is 0 Å². The number of halogens is 1. The third kappa shape index (κ3) is 6.24. The Morgan fingerprint density at radius 2 is 1.59 bits per heavy atom. The Labute approximate surface area is 104 Å². The molecule has 0 heterocycles. The van der Waals surface area contributed by atoms with E-state index in [9.17, 15) is 20.1 Å². The Bertz CT molecular complexity index is 218. The molecule has 7 N–H and O–H groups in total. The quantitative estimate of drug-likeness (QED) is 0.221. The van der Waals surface area contributed by atoms with Crippen LogP contribution in [0, 0.1) is 0 Å². The monoisotopic (exact) mass is 275 g/mol. The minimum atomic E-state index is -1.98. The number of carbonyl (C=O) groups is 1. The predicted octanol–water partition coefficient (Wildman–Crippen LogP) is -4.05. The molecular formula is C8H18ClNO7. The molecule has 0 bridgehead atoms. The van der Waals surface area contributed by atoms with E-state index in [0.29, 0.717) is 0 Å². The molecular weight excluding hydrogens is 258 g/mol. The maximum Gasteiger partial charge on any atom is 0.189 e. The van der Waals surface area contributed by atoms with Gasteiger partial charge in [-0.2, -0.15) is 0 Å². The van der Waals surface area contributed by atoms with E-state index in [1.807, 2.05) is 0 Å². The van der Waals surface area contributed by atoms with Crippen LogP contribution in [-0.2, 0) is 4.79 Å². The van der Waals surface area contributed by atoms with Crippen LogP contribution in [-0.4, -0.2) is 80.7 Å². The normalized spacial score (nSPS) is 17.8. The number of ketones is 1. The molecule has 0 aromatic heterocycles. The molecule has 0 aromatic carbocycles. The number of aliphatic hydroxyl groups excluding tert-OH is 6. The maximum atomic E-state index is 10.8. The lowest BCUT2D eigenvalue weighted by molar-refractivity contribution is -0.149. The van der Waals surface area contributed by atoms with Crippen LogP contribution in [0.1, 0.15) is 0 Å². The van der Waals surface area contributed by atoms with E-state index in [0.717, 1.165) is 0 Å². The van der Waals surface area contributed by atoms with Gasteiger partial charge in [0.15, 0.2) is 5.78 Å². The third-order valence-corrected chi connectivity index (χ3v) is 1.95. The van der Waals surface area contributed by atoms with Crippen LogP contribution < -0.4 is 5.32 Å². The second kappa shape index (κ2) is 9.68. The van der Waals surface area contributed by atoms with Crippen molar-refractivity contribution in [2.45, 2.75) is 24.5 Å². The summed E-state index contributed by atoms with van der Waals surface area (Å²) in [5.41, 5.74) is 0. The molecule has 1 unspecified atom stereocenters. The van der Waals surface area contributed by atoms with Gasteiger partial charge in [-0.15, -0.1) is 12.4 Å². The summed E-state index contributed by atoms with van der Waals surface area (Å²) in [7, 11) is 0. The highest BCUT2D eigenvalue weighted by molar-refractivity contribution is 5.85. The van der Waals surface area contributed by atoms with Crippen LogP contribution >= 0.6 is 12.4 Å². The van der Waals surface area contributed by atoms with E-state index in [1.165, 1.54) is 0 Å². The van der Waals surface area contributed by atoms with Crippen LogP contribution in [0.15, 0.2) is 0 Å². The first-order valence-corrected chi connectivity index (χ1v) is 4.65. The average molecular weight is 276 g/mol. The molecule has 0 aliphatic carbocycles. The predicted molar refractivity (Wildman–Crippen MR) is 58.5 cm³/mol. The first-order valence-electron chi connectivity index (χ1n) is 4.65. The van der Waals surface area contributed by atoms with E-state index in [1.54, 1.807) is 0 Å². The lowest BCUT2D eigenvalue weighted by Gasteiger charge is -2.25. The SMILES string of the molecule is Cl.O=C(CO)[C@@H](O)[C@H](O)[C@@H](O)C(O)NCCO. The standard InChI is InChI=1S/C8H17NO7.ClH/c10-2-1-9-8(16)7(15)6(14)5(13)4(12)3-11;/h5-11,13-16H,1-3H2;1H/t5-,6+,7-,8?;/m1./s1. The van der Waals surface area contributed by atoms with Gasteiger partial charge in [0.05, 0.1) is 6.61 Å². The second-order valence-corrected chi connectivity index (χ2v) is 3.17. The lowest BCUT2D eigenvalue weighted by atomic mass is 10.0. The van der Waals surface area contributed by atoms with Crippen molar-refractivity contribution in [2.24, 2.45) is 0 Å². The Morgan fingerprint density at radius 3 is 2.00 bits per heavy atom. The van der Waals surface area contributed by atoms with Gasteiger partial charge in [-0.05, 0) is 0 Å². The van der Waals surface area contributed by atoms with Gasteiger partial charge in [0.1, 0.15) is 31.1 Å². The van der Waals surface area contributed by atoms with Crippen molar-refractivity contribution in [2.75, 3.05) is 19.8 Å². The van der Waals surface area contributed by atoms with Gasteiger partial charge >= 0.3 is 0 Å². The Kier molecular flexibility index (Phi) is 10.8. The van der Waals surface area contributed by atoms with Crippen LogP contribution in [0.25, 0.3) is 0 Å². The molecule has 0 saturated carbocycles. The minimum Gasteiger partial charge on any atom is -0.395 e. The summed E-state index contributed by atoms with van der Waals surface area (Å²) >= 11 is 0. The van der Waals surface area contributed by atoms with Gasteiger partial charge in [0.25, 0.3) is 0 Å². The van der Waals surface area contributed by atoms with E-state index in [2.05, 4.69) is 5.32 Å². The van der Waals surface area contributed by atoms with Gasteiger partial charge < -0.3 is 30.6 Å². The van der Waals surface area contributed by atoms with Crippen LogP contribution in [0.3, 0.4) is 0 Å². The van der Waals surface area contributed by atoms with Crippen molar-refractivity contribution in [1.82, 2.24) is 5.32 Å². The molecule has 0 rings (SSSR count). The summed E-state index contributed by atoms with van der Waals surface area (Å²) in [5.74, 6) is -1.07. The van der Waals surface area contributed by atoms with Crippen molar-refractivity contribution < 1.29 is 35.4 Å². The highest BCUT2D eigenvalue weighted by Crippen LogP contribution is 2.04. The zero-order chi connectivity index (χ0) is 12.7. The molecule has 0 aromatic rings. The number of nitrogens with one attached hydrogen (secondary N) is 1. The number of carbonyl (C=O) groups excluding carboxylic acids is 1. The van der Waals surface area contributed by atoms with Gasteiger partial charge in [-0.3, -0.25) is 10.1 Å². The molecule has 8 nitrogen and oxygen atoms in total. The largest absolute Gasteiger partial charge is 0.395 e. The highest BCUT2D eigenvalue weighted by Gasteiger charge is 2.33. The molecule has 0 amide bonds. The molecule has 104 valence electrons. The van der Waals surface area contributed by atoms with Crippen molar-refractivity contribution in [3.63, 3.8) is 0 Å². The molecule has 9 heteroatoms. The van der Waals surface area contributed by atoms with Gasteiger partial charge in [0.2, 0.25) is 0 Å². The topological polar surface area (TPSA) is 150 Å². The summed E-state index contributed by atoms with van der Waals surface area (Å²) in [6.45, 7) is -1.31. The third-order valence-electron chi connectivity index (χ3n) is 1.95. The van der Waals surface area contributed by atoms with Crippen molar-refractivity contribution in [3.8, 4) is 0 Å². The number of hydrogen-bond donors (Lipinski definition) is 7. The van der Waals surface area contributed by atoms with Crippen molar-refractivity contribution in [1.29, 1.82) is 0 Å². The van der Waals surface area contributed by atoms with Crippen molar-refractivity contribution in [3.05, 3.63) is 0 Å². The summed E-state index contributed by atoms with van der Waals surface area (Å²) < 4.78 is 0. The molecule has 0 aliphatic rings. The Balaban J connectivity index is 0. The van der Waals surface area contributed by atoms with Gasteiger partial charge in [0, 0.05) is 6.54 Å². The fraction of sp³-hybridized carbons (Fsp3) is 0.875. The molecule has 4 atom stereocenters. The van der Waals surface area contributed by atoms with Crippen LogP contribution in [0.5, 0.6) is 0 Å². The smallest absolute Gasteiger partial charge is 0.189 e. The van der Waals surface area contributed by atoms with Gasteiger partial charge in [-0.1, -0.05) is 0 Å². The molecule has 0 fully saturated rings.